The third-order valence-electron chi connectivity index (χ3n) is 7.40. The number of nitrogens with zero attached hydrogens (tertiary/aromatic N) is 1. The molecule has 5 rings (SSSR count). The van der Waals surface area contributed by atoms with Crippen molar-refractivity contribution in [3.63, 3.8) is 0 Å². The molecule has 0 atom stereocenters. The van der Waals surface area contributed by atoms with Crippen molar-refractivity contribution in [2.75, 3.05) is 29.7 Å². The highest BCUT2D eigenvalue weighted by Crippen LogP contribution is 2.45. The van der Waals surface area contributed by atoms with Gasteiger partial charge in [-0.1, -0.05) is 29.8 Å². The fraction of sp³-hybridized carbons (Fsp3) is 0.235. The van der Waals surface area contributed by atoms with E-state index in [1.165, 1.54) is 19.2 Å². The summed E-state index contributed by atoms with van der Waals surface area (Å²) in [6.07, 6.45) is -0.638. The summed E-state index contributed by atoms with van der Waals surface area (Å²) in [5.74, 6) is 0.608. The minimum atomic E-state index is -0.809. The average molecular weight is 584 g/mol. The van der Waals surface area contributed by atoms with Crippen LogP contribution < -0.4 is 29.7 Å². The molecule has 9 heteroatoms. The molecule has 0 bridgehead atoms. The number of nitrogens with one attached hydrogen (secondary N) is 2. The number of fused-ring (bicyclic) bond motifs is 1. The molecule has 1 aliphatic heterocycles. The average Bonchev–Trinajstić information content (AvgIpc) is 2.97. The fourth-order valence-corrected chi connectivity index (χ4v) is 5.15. The topological polar surface area (TPSA) is 89.1 Å². The molecule has 43 heavy (non-hydrogen) atoms. The van der Waals surface area contributed by atoms with E-state index in [1.54, 1.807) is 48.3 Å². The number of carbonyl (C=O) groups excluding carboxylic acids is 2. The molecule has 4 aromatic carbocycles. The molecule has 4 aromatic rings. The predicted molar refractivity (Wildman–Crippen MR) is 166 cm³/mol. The second kappa shape index (κ2) is 11.7. The summed E-state index contributed by atoms with van der Waals surface area (Å²) in [5.41, 5.74) is 5.19. The van der Waals surface area contributed by atoms with E-state index >= 15 is 0 Å². The molecular formula is C34H34FN3O5. The Morgan fingerprint density at radius 2 is 1.67 bits per heavy atom. The number of rotatable bonds is 7. The summed E-state index contributed by atoms with van der Waals surface area (Å²) in [7, 11) is 3.25. The Labute approximate surface area is 250 Å². The smallest absolute Gasteiger partial charge is 0.417 e. The van der Waals surface area contributed by atoms with Gasteiger partial charge in [0, 0.05) is 36.0 Å². The van der Waals surface area contributed by atoms with E-state index < -0.39 is 17.4 Å². The molecule has 0 fully saturated rings. The monoisotopic (exact) mass is 583 g/mol. The zero-order chi connectivity index (χ0) is 30.9. The fourth-order valence-electron chi connectivity index (χ4n) is 5.15. The first-order valence-electron chi connectivity index (χ1n) is 13.8. The largest absolute Gasteiger partial charge is 0.496 e. The minimum absolute atomic E-state index is 0.0445. The summed E-state index contributed by atoms with van der Waals surface area (Å²) in [6.45, 7) is 7.50. The van der Waals surface area contributed by atoms with Crippen LogP contribution in [0.15, 0.2) is 72.8 Å². The number of anilines is 3. The molecule has 0 radical (unpaired) electrons. The van der Waals surface area contributed by atoms with Crippen LogP contribution in [0.3, 0.4) is 0 Å². The second-order valence-electron chi connectivity index (χ2n) is 11.0. The highest BCUT2D eigenvalue weighted by Gasteiger charge is 2.38. The molecule has 2 amide bonds. The number of halogens is 1. The Morgan fingerprint density at radius 3 is 2.40 bits per heavy atom. The van der Waals surface area contributed by atoms with Crippen molar-refractivity contribution in [3.05, 3.63) is 95.3 Å². The van der Waals surface area contributed by atoms with E-state index in [1.807, 2.05) is 52.0 Å². The lowest BCUT2D eigenvalue weighted by atomic mass is 9.91. The quantitative estimate of drug-likeness (QED) is 0.235. The standard InChI is InChI=1S/C34H34FN3O5/c1-20-7-11-23(12-8-20)36-33(40)43-24-13-14-26(30(18-24)41-6)25-15-16-28-31(38(5)32(39)34(3,4)37-28)27(25)19-42-29-17-22(35)10-9-21(29)2/h7-18,37H,19H2,1-6H3,(H,36,40). The van der Waals surface area contributed by atoms with E-state index in [-0.39, 0.29) is 18.3 Å². The van der Waals surface area contributed by atoms with Gasteiger partial charge in [-0.15, -0.1) is 0 Å². The van der Waals surface area contributed by atoms with E-state index in [9.17, 15) is 14.0 Å². The third kappa shape index (κ3) is 6.11. The first-order chi connectivity index (χ1) is 20.5. The number of benzene rings is 4. The summed E-state index contributed by atoms with van der Waals surface area (Å²) in [5, 5.41) is 6.05. The number of carbonyl (C=O) groups is 2. The van der Waals surface area contributed by atoms with E-state index in [0.717, 1.165) is 22.4 Å². The van der Waals surface area contributed by atoms with Gasteiger partial charge in [-0.05, 0) is 75.2 Å². The summed E-state index contributed by atoms with van der Waals surface area (Å²) in [4.78, 5) is 27.5. The first-order valence-corrected chi connectivity index (χ1v) is 13.8. The predicted octanol–water partition coefficient (Wildman–Crippen LogP) is 7.47. The van der Waals surface area contributed by atoms with Crippen LogP contribution in [0.25, 0.3) is 11.1 Å². The second-order valence-corrected chi connectivity index (χ2v) is 11.0. The van der Waals surface area contributed by atoms with Gasteiger partial charge in [0.15, 0.2) is 0 Å². The molecule has 0 unspecified atom stereocenters. The maximum absolute atomic E-state index is 14.1. The van der Waals surface area contributed by atoms with Crippen LogP contribution in [0, 0.1) is 19.7 Å². The van der Waals surface area contributed by atoms with Crippen molar-refractivity contribution in [1.29, 1.82) is 0 Å². The van der Waals surface area contributed by atoms with Crippen molar-refractivity contribution >= 4 is 29.1 Å². The van der Waals surface area contributed by atoms with Gasteiger partial charge in [0.2, 0.25) is 0 Å². The normalized spacial score (nSPS) is 13.6. The summed E-state index contributed by atoms with van der Waals surface area (Å²) >= 11 is 0. The van der Waals surface area contributed by atoms with Crippen LogP contribution >= 0.6 is 0 Å². The summed E-state index contributed by atoms with van der Waals surface area (Å²) in [6, 6.07) is 20.7. The van der Waals surface area contributed by atoms with Crippen molar-refractivity contribution in [2.24, 2.45) is 0 Å². The zero-order valence-electron chi connectivity index (χ0n) is 25.0. The molecule has 1 aliphatic rings. The van der Waals surface area contributed by atoms with Crippen LogP contribution in [0.2, 0.25) is 0 Å². The minimum Gasteiger partial charge on any atom is -0.496 e. The highest BCUT2D eigenvalue weighted by molar-refractivity contribution is 6.08. The number of ether oxygens (including phenoxy) is 3. The Balaban J connectivity index is 1.52. The molecule has 222 valence electrons. The number of methoxy groups -OCH3 is 1. The zero-order valence-corrected chi connectivity index (χ0v) is 25.0. The molecule has 0 spiro atoms. The van der Waals surface area contributed by atoms with Gasteiger partial charge in [-0.3, -0.25) is 10.1 Å². The van der Waals surface area contributed by atoms with Gasteiger partial charge in [0.05, 0.1) is 18.5 Å². The van der Waals surface area contributed by atoms with Crippen LogP contribution in [-0.4, -0.2) is 31.7 Å². The van der Waals surface area contributed by atoms with Crippen molar-refractivity contribution in [3.8, 4) is 28.4 Å². The molecular weight excluding hydrogens is 549 g/mol. The number of hydrogen-bond acceptors (Lipinski definition) is 6. The Hall–Kier alpha value is -5.05. The SMILES string of the molecule is COc1cc(OC(=O)Nc2ccc(C)cc2)ccc1-c1ccc2c(c1COc1cc(F)ccc1C)N(C)C(=O)C(C)(C)N2. The molecule has 8 nitrogen and oxygen atoms in total. The lowest BCUT2D eigenvalue weighted by Gasteiger charge is -2.39. The maximum atomic E-state index is 14.1. The van der Waals surface area contributed by atoms with Crippen molar-refractivity contribution < 1.29 is 28.2 Å². The number of amides is 2. The molecule has 1 heterocycles. The summed E-state index contributed by atoms with van der Waals surface area (Å²) < 4.78 is 31.5. The van der Waals surface area contributed by atoms with E-state index in [2.05, 4.69) is 10.6 Å². The van der Waals surface area contributed by atoms with Gasteiger partial charge in [-0.2, -0.15) is 0 Å². The molecule has 0 saturated carbocycles. The Morgan fingerprint density at radius 1 is 0.953 bits per heavy atom. The third-order valence-corrected chi connectivity index (χ3v) is 7.40. The van der Waals surface area contributed by atoms with Gasteiger partial charge in [0.25, 0.3) is 5.91 Å². The highest BCUT2D eigenvalue weighted by atomic mass is 19.1. The number of hydrogen-bond donors (Lipinski definition) is 2. The van der Waals surface area contributed by atoms with Crippen LogP contribution in [-0.2, 0) is 11.4 Å². The van der Waals surface area contributed by atoms with Crippen LogP contribution in [0.1, 0.15) is 30.5 Å². The molecule has 0 saturated heterocycles. The van der Waals surface area contributed by atoms with Crippen LogP contribution in [0.4, 0.5) is 26.2 Å². The lowest BCUT2D eigenvalue weighted by molar-refractivity contribution is -0.121. The van der Waals surface area contributed by atoms with Crippen molar-refractivity contribution in [1.82, 2.24) is 0 Å². The van der Waals surface area contributed by atoms with Gasteiger partial charge in [0.1, 0.15) is 35.2 Å². The van der Waals surface area contributed by atoms with Gasteiger partial charge >= 0.3 is 6.09 Å². The molecule has 0 aromatic heterocycles. The van der Waals surface area contributed by atoms with E-state index in [0.29, 0.717) is 34.0 Å². The lowest BCUT2D eigenvalue weighted by Crippen LogP contribution is -2.52. The molecule has 0 aliphatic carbocycles. The Bertz CT molecular complexity index is 1700. The van der Waals surface area contributed by atoms with E-state index in [4.69, 9.17) is 14.2 Å². The molecule has 2 N–H and O–H groups in total. The van der Waals surface area contributed by atoms with Crippen LogP contribution in [0.5, 0.6) is 17.2 Å². The van der Waals surface area contributed by atoms with Crippen molar-refractivity contribution in [2.45, 2.75) is 39.8 Å². The Kier molecular flexibility index (Phi) is 8.00. The maximum Gasteiger partial charge on any atom is 0.417 e. The number of aryl methyl sites for hydroxylation is 2. The van der Waals surface area contributed by atoms with Gasteiger partial charge in [-0.25, -0.2) is 9.18 Å². The number of likely N-dealkylation sites (N-methyl/N-ethyl adjacent to an activating group) is 1. The van der Waals surface area contributed by atoms with Gasteiger partial charge < -0.3 is 24.4 Å². The first kappa shape index (κ1) is 29.4.